The largest absolute Gasteiger partial charge is 0.388 e. The zero-order valence-electron chi connectivity index (χ0n) is 11.2. The number of aromatic nitrogens is 1. The monoisotopic (exact) mass is 263 g/mol. The lowest BCUT2D eigenvalue weighted by atomic mass is 10.0. The van der Waals surface area contributed by atoms with Crippen molar-refractivity contribution in [2.24, 2.45) is 5.73 Å². The molecule has 0 aliphatic rings. The first kappa shape index (κ1) is 12.5. The molecule has 0 radical (unpaired) electrons. The van der Waals surface area contributed by atoms with Crippen LogP contribution in [0.2, 0.25) is 0 Å². The van der Waals surface area contributed by atoms with Gasteiger partial charge >= 0.3 is 0 Å². The highest BCUT2D eigenvalue weighted by molar-refractivity contribution is 5.86. The van der Waals surface area contributed by atoms with E-state index in [-0.39, 0.29) is 5.84 Å². The van der Waals surface area contributed by atoms with E-state index in [2.05, 4.69) is 59.3 Å². The molecule has 100 valence electrons. The van der Waals surface area contributed by atoms with Crippen LogP contribution in [0.3, 0.4) is 0 Å². The van der Waals surface area contributed by atoms with Crippen LogP contribution in [0.25, 0.3) is 22.0 Å². The van der Waals surface area contributed by atoms with E-state index in [1.165, 1.54) is 22.0 Å². The van der Waals surface area contributed by atoms with Crippen molar-refractivity contribution in [3.8, 4) is 11.1 Å². The summed E-state index contributed by atoms with van der Waals surface area (Å²) in [4.78, 5) is 0. The fraction of sp³-hybridized carbons (Fsp3) is 0.118. The first-order valence-corrected chi connectivity index (χ1v) is 6.71. The Kier molecular flexibility index (Phi) is 3.25. The molecule has 0 fully saturated rings. The molecule has 0 saturated carbocycles. The predicted molar refractivity (Wildman–Crippen MR) is 83.9 cm³/mol. The number of nitrogens with two attached hydrogens (primary N) is 1. The number of nitrogens with zero attached hydrogens (tertiary/aromatic N) is 1. The molecule has 0 aliphatic heterocycles. The Morgan fingerprint density at radius 2 is 1.80 bits per heavy atom. The summed E-state index contributed by atoms with van der Waals surface area (Å²) >= 11 is 0. The van der Waals surface area contributed by atoms with E-state index in [0.29, 0.717) is 6.42 Å². The van der Waals surface area contributed by atoms with E-state index in [9.17, 15) is 0 Å². The van der Waals surface area contributed by atoms with E-state index in [1.54, 1.807) is 0 Å². The maximum atomic E-state index is 7.32. The summed E-state index contributed by atoms with van der Waals surface area (Å²) in [5.41, 5.74) is 9.06. The van der Waals surface area contributed by atoms with Crippen LogP contribution in [0.1, 0.15) is 6.42 Å². The van der Waals surface area contributed by atoms with Gasteiger partial charge in [-0.25, -0.2) is 0 Å². The third-order valence-corrected chi connectivity index (χ3v) is 3.50. The highest BCUT2D eigenvalue weighted by atomic mass is 15.0. The number of rotatable bonds is 4. The van der Waals surface area contributed by atoms with Crippen LogP contribution in [-0.2, 0) is 6.54 Å². The van der Waals surface area contributed by atoms with Crippen LogP contribution in [0.5, 0.6) is 0 Å². The number of fused-ring (bicyclic) bond motifs is 1. The average Bonchev–Trinajstić information content (AvgIpc) is 2.88. The topological polar surface area (TPSA) is 54.8 Å². The lowest BCUT2D eigenvalue weighted by Gasteiger charge is -2.06. The Morgan fingerprint density at radius 3 is 2.55 bits per heavy atom. The molecule has 0 aliphatic carbocycles. The molecule has 3 rings (SSSR count). The molecule has 0 spiro atoms. The molecule has 0 bridgehead atoms. The number of aryl methyl sites for hydroxylation is 1. The van der Waals surface area contributed by atoms with Crippen LogP contribution in [0, 0.1) is 5.41 Å². The van der Waals surface area contributed by atoms with Crippen LogP contribution in [-0.4, -0.2) is 10.4 Å². The van der Waals surface area contributed by atoms with Gasteiger partial charge in [-0.3, -0.25) is 5.41 Å². The zero-order valence-corrected chi connectivity index (χ0v) is 11.2. The third kappa shape index (κ3) is 2.43. The minimum atomic E-state index is 0.229. The predicted octanol–water partition coefficient (Wildman–Crippen LogP) is 3.63. The molecule has 0 amide bonds. The molecule has 2 aromatic carbocycles. The summed E-state index contributed by atoms with van der Waals surface area (Å²) in [7, 11) is 0. The van der Waals surface area contributed by atoms with Crippen molar-refractivity contribution >= 4 is 16.7 Å². The Labute approximate surface area is 118 Å². The summed E-state index contributed by atoms with van der Waals surface area (Å²) in [6.07, 6.45) is 2.65. The Morgan fingerprint density at radius 1 is 1.00 bits per heavy atom. The van der Waals surface area contributed by atoms with Gasteiger partial charge in [-0.15, -0.1) is 0 Å². The summed E-state index contributed by atoms with van der Waals surface area (Å²) < 4.78 is 2.14. The van der Waals surface area contributed by atoms with Gasteiger partial charge in [0.1, 0.15) is 0 Å². The maximum absolute atomic E-state index is 7.32. The second-order valence-corrected chi connectivity index (χ2v) is 4.92. The van der Waals surface area contributed by atoms with Gasteiger partial charge in [0.05, 0.1) is 5.84 Å². The van der Waals surface area contributed by atoms with E-state index < -0.39 is 0 Å². The van der Waals surface area contributed by atoms with Gasteiger partial charge in [-0.1, -0.05) is 36.4 Å². The molecule has 1 heterocycles. The van der Waals surface area contributed by atoms with Crippen molar-refractivity contribution < 1.29 is 0 Å². The Balaban J connectivity index is 1.95. The van der Waals surface area contributed by atoms with Crippen molar-refractivity contribution in [3.63, 3.8) is 0 Å². The molecule has 3 heteroatoms. The second kappa shape index (κ2) is 5.21. The second-order valence-electron chi connectivity index (χ2n) is 4.92. The molecule has 3 N–H and O–H groups in total. The number of hydrogen-bond acceptors (Lipinski definition) is 1. The van der Waals surface area contributed by atoms with Crippen LogP contribution in [0.15, 0.2) is 60.8 Å². The fourth-order valence-corrected chi connectivity index (χ4v) is 2.45. The van der Waals surface area contributed by atoms with Crippen molar-refractivity contribution in [1.29, 1.82) is 5.41 Å². The minimum Gasteiger partial charge on any atom is -0.388 e. The van der Waals surface area contributed by atoms with Gasteiger partial charge in [0.25, 0.3) is 0 Å². The van der Waals surface area contributed by atoms with E-state index in [0.717, 1.165) is 6.54 Å². The molecule has 20 heavy (non-hydrogen) atoms. The molecular weight excluding hydrogens is 246 g/mol. The molecule has 0 saturated heterocycles. The van der Waals surface area contributed by atoms with Crippen molar-refractivity contribution in [2.75, 3.05) is 0 Å². The number of benzene rings is 2. The lowest BCUT2D eigenvalue weighted by molar-refractivity contribution is 0.750. The highest BCUT2D eigenvalue weighted by Gasteiger charge is 2.04. The molecule has 3 nitrogen and oxygen atoms in total. The number of nitrogens with one attached hydrogen (secondary N) is 1. The normalized spacial score (nSPS) is 10.8. The lowest BCUT2D eigenvalue weighted by Crippen LogP contribution is -2.12. The van der Waals surface area contributed by atoms with Gasteiger partial charge < -0.3 is 10.3 Å². The maximum Gasteiger partial charge on any atom is 0.0923 e. The van der Waals surface area contributed by atoms with Crippen LogP contribution < -0.4 is 5.73 Å². The summed E-state index contributed by atoms with van der Waals surface area (Å²) in [5, 5.41) is 8.53. The van der Waals surface area contributed by atoms with Crippen molar-refractivity contribution in [2.45, 2.75) is 13.0 Å². The van der Waals surface area contributed by atoms with Crippen molar-refractivity contribution in [1.82, 2.24) is 4.57 Å². The number of hydrogen-bond donors (Lipinski definition) is 2. The van der Waals surface area contributed by atoms with Gasteiger partial charge in [-0.2, -0.15) is 0 Å². The smallest absolute Gasteiger partial charge is 0.0923 e. The molecule has 1 aromatic heterocycles. The minimum absolute atomic E-state index is 0.229. The first-order valence-electron chi connectivity index (χ1n) is 6.71. The van der Waals surface area contributed by atoms with Gasteiger partial charge in [0.2, 0.25) is 0 Å². The molecule has 0 unspecified atom stereocenters. The Bertz CT molecular complexity index is 741. The summed E-state index contributed by atoms with van der Waals surface area (Å²) in [5.74, 6) is 0.229. The van der Waals surface area contributed by atoms with Gasteiger partial charge in [-0.05, 0) is 29.3 Å². The van der Waals surface area contributed by atoms with E-state index in [4.69, 9.17) is 11.1 Å². The van der Waals surface area contributed by atoms with Crippen LogP contribution in [0.4, 0.5) is 0 Å². The van der Waals surface area contributed by atoms with Gasteiger partial charge in [0.15, 0.2) is 0 Å². The van der Waals surface area contributed by atoms with Gasteiger partial charge in [0, 0.05) is 30.1 Å². The van der Waals surface area contributed by atoms with E-state index in [1.807, 2.05) is 6.07 Å². The zero-order chi connectivity index (χ0) is 13.9. The van der Waals surface area contributed by atoms with Crippen LogP contribution >= 0.6 is 0 Å². The molecule has 3 aromatic rings. The highest BCUT2D eigenvalue weighted by Crippen LogP contribution is 2.25. The summed E-state index contributed by atoms with van der Waals surface area (Å²) in [6.45, 7) is 0.753. The average molecular weight is 263 g/mol. The summed E-state index contributed by atoms with van der Waals surface area (Å²) in [6, 6.07) is 19.0. The molecule has 0 atom stereocenters. The SMILES string of the molecule is N=C(N)CCn1ccc2cc(-c3ccccc3)ccc21. The van der Waals surface area contributed by atoms with E-state index >= 15 is 0 Å². The van der Waals surface area contributed by atoms with Crippen molar-refractivity contribution in [3.05, 3.63) is 60.8 Å². The Hall–Kier alpha value is -2.55. The third-order valence-electron chi connectivity index (χ3n) is 3.50. The number of amidine groups is 1. The molecular formula is C17H17N3. The fourth-order valence-electron chi connectivity index (χ4n) is 2.45. The first-order chi connectivity index (χ1) is 9.74. The standard InChI is InChI=1S/C17H17N3/c18-17(19)9-11-20-10-8-15-12-14(6-7-16(15)20)13-4-2-1-3-5-13/h1-8,10,12H,9,11H2,(H3,18,19). The quantitative estimate of drug-likeness (QED) is 0.548.